The molecule has 2 rings (SSSR count). The Hall–Kier alpha value is -2.17. The van der Waals surface area contributed by atoms with Crippen LogP contribution in [-0.2, 0) is 11.2 Å². The van der Waals surface area contributed by atoms with Gasteiger partial charge in [-0.15, -0.1) is 10.2 Å². The summed E-state index contributed by atoms with van der Waals surface area (Å²) in [7, 11) is 0. The fraction of sp³-hybridized carbons (Fsp3) is 0.400. The van der Waals surface area contributed by atoms with Gasteiger partial charge in [0.1, 0.15) is 6.42 Å². The van der Waals surface area contributed by atoms with Crippen molar-refractivity contribution in [3.63, 3.8) is 0 Å². The van der Waals surface area contributed by atoms with E-state index in [4.69, 9.17) is 4.42 Å². The van der Waals surface area contributed by atoms with E-state index in [1.165, 1.54) is 0 Å². The van der Waals surface area contributed by atoms with Gasteiger partial charge in [-0.25, -0.2) is 0 Å². The molecule has 1 aromatic heterocycles. The van der Waals surface area contributed by atoms with Gasteiger partial charge >= 0.3 is 0 Å². The second-order valence-corrected chi connectivity index (χ2v) is 5.25. The van der Waals surface area contributed by atoms with E-state index in [1.54, 1.807) is 0 Å². The van der Waals surface area contributed by atoms with Gasteiger partial charge in [-0.05, 0) is 25.0 Å². The van der Waals surface area contributed by atoms with Crippen LogP contribution < -0.4 is 5.32 Å². The molecule has 0 aliphatic carbocycles. The Balaban J connectivity index is 2.00. The molecule has 0 unspecified atom stereocenters. The van der Waals surface area contributed by atoms with Gasteiger partial charge in [-0.2, -0.15) is 0 Å². The topological polar surface area (TPSA) is 68.0 Å². The molecule has 1 aromatic carbocycles. The molecule has 1 heterocycles. The first-order valence-electron chi connectivity index (χ1n) is 6.70. The Morgan fingerprint density at radius 1 is 1.35 bits per heavy atom. The Labute approximate surface area is 118 Å². The highest BCUT2D eigenvalue weighted by Gasteiger charge is 2.12. The predicted molar refractivity (Wildman–Crippen MR) is 76.0 cm³/mol. The summed E-state index contributed by atoms with van der Waals surface area (Å²) in [4.78, 5) is 11.7. The molecular weight excluding hydrogens is 254 g/mol. The Kier molecular flexibility index (Phi) is 4.50. The van der Waals surface area contributed by atoms with Gasteiger partial charge in [-0.1, -0.05) is 31.5 Å². The van der Waals surface area contributed by atoms with E-state index in [0.717, 1.165) is 11.1 Å². The average Bonchev–Trinajstić information content (AvgIpc) is 2.85. The average molecular weight is 273 g/mol. The van der Waals surface area contributed by atoms with Gasteiger partial charge in [0.15, 0.2) is 0 Å². The van der Waals surface area contributed by atoms with Crippen LogP contribution >= 0.6 is 0 Å². The van der Waals surface area contributed by atoms with E-state index in [2.05, 4.69) is 15.5 Å². The molecule has 1 amide bonds. The lowest BCUT2D eigenvalue weighted by Gasteiger charge is -2.05. The van der Waals surface area contributed by atoms with Gasteiger partial charge < -0.3 is 9.73 Å². The van der Waals surface area contributed by atoms with Crippen LogP contribution in [0.5, 0.6) is 0 Å². The zero-order valence-electron chi connectivity index (χ0n) is 12.0. The maximum Gasteiger partial charge on any atom is 0.247 e. The summed E-state index contributed by atoms with van der Waals surface area (Å²) in [5.41, 5.74) is 1.99. The van der Waals surface area contributed by atoms with Crippen LogP contribution in [-0.4, -0.2) is 22.6 Å². The number of nitrogens with one attached hydrogen (secondary N) is 1. The highest BCUT2D eigenvalue weighted by atomic mass is 16.4. The summed E-state index contributed by atoms with van der Waals surface area (Å²) in [6, 6.07) is 7.81. The van der Waals surface area contributed by atoms with Gasteiger partial charge in [0.25, 0.3) is 0 Å². The molecule has 0 saturated carbocycles. The number of aromatic nitrogens is 2. The summed E-state index contributed by atoms with van der Waals surface area (Å²) in [5.74, 6) is 1.10. The minimum atomic E-state index is -0.0989. The number of amides is 1. The molecule has 0 atom stereocenters. The van der Waals surface area contributed by atoms with Crippen molar-refractivity contribution in [2.24, 2.45) is 5.92 Å². The standard InChI is InChI=1S/C15H19N3O2/c1-10(2)9-16-13(19)8-14-17-18-15(20-14)12-6-4-5-11(3)7-12/h4-7,10H,8-9H2,1-3H3,(H,16,19). The van der Waals surface area contributed by atoms with Gasteiger partial charge in [-0.3, -0.25) is 4.79 Å². The van der Waals surface area contributed by atoms with Crippen LogP contribution in [0.15, 0.2) is 28.7 Å². The normalized spacial score (nSPS) is 10.8. The number of rotatable bonds is 5. The van der Waals surface area contributed by atoms with E-state index in [9.17, 15) is 4.79 Å². The van der Waals surface area contributed by atoms with E-state index in [0.29, 0.717) is 24.2 Å². The molecule has 0 radical (unpaired) electrons. The third-order valence-electron chi connectivity index (χ3n) is 2.75. The maximum absolute atomic E-state index is 11.7. The second kappa shape index (κ2) is 6.32. The SMILES string of the molecule is Cc1cccc(-c2nnc(CC(=O)NCC(C)C)o2)c1. The van der Waals surface area contributed by atoms with Crippen molar-refractivity contribution in [2.45, 2.75) is 27.2 Å². The number of carbonyl (C=O) groups is 1. The first kappa shape index (κ1) is 14.2. The zero-order chi connectivity index (χ0) is 14.5. The lowest BCUT2D eigenvalue weighted by Crippen LogP contribution is -2.28. The van der Waals surface area contributed by atoms with Crippen molar-refractivity contribution in [3.05, 3.63) is 35.7 Å². The minimum Gasteiger partial charge on any atom is -0.420 e. The first-order valence-corrected chi connectivity index (χ1v) is 6.70. The molecule has 5 nitrogen and oxygen atoms in total. The van der Waals surface area contributed by atoms with Crippen LogP contribution in [0.25, 0.3) is 11.5 Å². The smallest absolute Gasteiger partial charge is 0.247 e. The molecule has 0 aliphatic rings. The van der Waals surface area contributed by atoms with Crippen LogP contribution in [0.4, 0.5) is 0 Å². The van der Waals surface area contributed by atoms with Crippen molar-refractivity contribution in [1.82, 2.24) is 15.5 Å². The Morgan fingerprint density at radius 3 is 2.85 bits per heavy atom. The molecule has 1 N–H and O–H groups in total. The fourth-order valence-electron chi connectivity index (χ4n) is 1.74. The Bertz CT molecular complexity index is 590. The quantitative estimate of drug-likeness (QED) is 0.908. The third-order valence-corrected chi connectivity index (χ3v) is 2.75. The summed E-state index contributed by atoms with van der Waals surface area (Å²) >= 11 is 0. The van der Waals surface area contributed by atoms with Crippen LogP contribution in [0.2, 0.25) is 0 Å². The third kappa shape index (κ3) is 3.91. The second-order valence-electron chi connectivity index (χ2n) is 5.25. The highest BCUT2D eigenvalue weighted by molar-refractivity contribution is 5.77. The van der Waals surface area contributed by atoms with Gasteiger partial charge in [0.05, 0.1) is 0 Å². The van der Waals surface area contributed by atoms with Crippen molar-refractivity contribution >= 4 is 5.91 Å². The summed E-state index contributed by atoms with van der Waals surface area (Å²) in [5, 5.41) is 10.7. The monoisotopic (exact) mass is 273 g/mol. The van der Waals surface area contributed by atoms with Crippen molar-refractivity contribution < 1.29 is 9.21 Å². The number of carbonyl (C=O) groups excluding carboxylic acids is 1. The van der Waals surface area contributed by atoms with Crippen LogP contribution in [0.3, 0.4) is 0 Å². The molecule has 0 saturated heterocycles. The number of nitrogens with zero attached hydrogens (tertiary/aromatic N) is 2. The number of hydrogen-bond acceptors (Lipinski definition) is 4. The van der Waals surface area contributed by atoms with E-state index >= 15 is 0 Å². The minimum absolute atomic E-state index is 0.0989. The Morgan fingerprint density at radius 2 is 2.15 bits per heavy atom. The van der Waals surface area contributed by atoms with Crippen LogP contribution in [0.1, 0.15) is 25.3 Å². The molecule has 5 heteroatoms. The fourth-order valence-corrected chi connectivity index (χ4v) is 1.74. The highest BCUT2D eigenvalue weighted by Crippen LogP contribution is 2.18. The molecular formula is C15H19N3O2. The predicted octanol–water partition coefficient (Wildman–Crippen LogP) is 2.36. The van der Waals surface area contributed by atoms with Crippen molar-refractivity contribution in [2.75, 3.05) is 6.54 Å². The lowest BCUT2D eigenvalue weighted by atomic mass is 10.1. The van der Waals surface area contributed by atoms with Crippen molar-refractivity contribution in [3.8, 4) is 11.5 Å². The molecule has 0 fully saturated rings. The molecule has 0 aliphatic heterocycles. The number of aryl methyl sites for hydroxylation is 1. The van der Waals surface area contributed by atoms with Crippen molar-refractivity contribution in [1.29, 1.82) is 0 Å². The van der Waals surface area contributed by atoms with E-state index in [1.807, 2.05) is 45.0 Å². The largest absolute Gasteiger partial charge is 0.420 e. The number of hydrogen-bond donors (Lipinski definition) is 1. The molecule has 0 bridgehead atoms. The summed E-state index contributed by atoms with van der Waals surface area (Å²) in [6.45, 7) is 6.74. The molecule has 20 heavy (non-hydrogen) atoms. The molecule has 0 spiro atoms. The van der Waals surface area contributed by atoms with E-state index < -0.39 is 0 Å². The first-order chi connectivity index (χ1) is 9.54. The van der Waals surface area contributed by atoms with Crippen LogP contribution in [0, 0.1) is 12.8 Å². The zero-order valence-corrected chi connectivity index (χ0v) is 12.0. The number of benzene rings is 1. The molecule has 106 valence electrons. The maximum atomic E-state index is 11.7. The van der Waals surface area contributed by atoms with Gasteiger partial charge in [0, 0.05) is 12.1 Å². The summed E-state index contributed by atoms with van der Waals surface area (Å²) in [6.07, 6.45) is 0.117. The lowest BCUT2D eigenvalue weighted by molar-refractivity contribution is -0.120. The molecule has 2 aromatic rings. The van der Waals surface area contributed by atoms with Gasteiger partial charge in [0.2, 0.25) is 17.7 Å². The van der Waals surface area contributed by atoms with E-state index in [-0.39, 0.29) is 12.3 Å². The summed E-state index contributed by atoms with van der Waals surface area (Å²) < 4.78 is 5.52.